The lowest BCUT2D eigenvalue weighted by Crippen LogP contribution is -2.40. The van der Waals surface area contributed by atoms with E-state index in [0.717, 1.165) is 51.8 Å². The number of hydrogen-bond acceptors (Lipinski definition) is 3. The van der Waals surface area contributed by atoms with Gasteiger partial charge >= 0.3 is 0 Å². The van der Waals surface area contributed by atoms with Crippen molar-refractivity contribution in [1.82, 2.24) is 5.32 Å². The van der Waals surface area contributed by atoms with Crippen LogP contribution in [0.2, 0.25) is 0 Å². The first-order valence-electron chi connectivity index (χ1n) is 7.06. The minimum Gasteiger partial charge on any atom is -0.378 e. The first kappa shape index (κ1) is 13.0. The van der Waals surface area contributed by atoms with Crippen molar-refractivity contribution in [1.29, 1.82) is 0 Å². The predicted octanol–water partition coefficient (Wildman–Crippen LogP) is 2.29. The zero-order valence-corrected chi connectivity index (χ0v) is 11.0. The van der Waals surface area contributed by atoms with E-state index in [-0.39, 0.29) is 5.41 Å². The molecule has 2 aliphatic rings. The first-order valence-corrected chi connectivity index (χ1v) is 7.06. The van der Waals surface area contributed by atoms with Crippen LogP contribution < -0.4 is 5.32 Å². The molecule has 2 fully saturated rings. The topological polar surface area (TPSA) is 38.3 Å². The third-order valence-corrected chi connectivity index (χ3v) is 4.33. The highest BCUT2D eigenvalue weighted by atomic mass is 16.5. The molecule has 2 heterocycles. The minimum atomic E-state index is -0.0538. The van der Waals surface area contributed by atoms with Gasteiger partial charge in [-0.1, -0.05) is 6.92 Å². The highest BCUT2D eigenvalue weighted by Crippen LogP contribution is 2.31. The second-order valence-corrected chi connectivity index (χ2v) is 5.76. The van der Waals surface area contributed by atoms with Gasteiger partial charge in [-0.3, -0.25) is 4.79 Å². The average molecular weight is 239 g/mol. The summed E-state index contributed by atoms with van der Waals surface area (Å²) in [6, 6.07) is 0. The van der Waals surface area contributed by atoms with E-state index in [1.807, 2.05) is 0 Å². The van der Waals surface area contributed by atoms with Crippen LogP contribution in [0, 0.1) is 5.41 Å². The Balaban J connectivity index is 1.68. The van der Waals surface area contributed by atoms with Crippen molar-refractivity contribution >= 4 is 5.78 Å². The maximum atomic E-state index is 12.2. The molecule has 0 amide bonds. The Morgan fingerprint density at radius 1 is 1.41 bits per heavy atom. The van der Waals surface area contributed by atoms with E-state index in [1.54, 1.807) is 0 Å². The molecule has 3 nitrogen and oxygen atoms in total. The summed E-state index contributed by atoms with van der Waals surface area (Å²) in [5, 5.41) is 3.32. The van der Waals surface area contributed by atoms with Gasteiger partial charge in [0.2, 0.25) is 0 Å². The Hall–Kier alpha value is -0.410. The summed E-state index contributed by atoms with van der Waals surface area (Å²) in [6.07, 6.45) is 7.65. The predicted molar refractivity (Wildman–Crippen MR) is 68.0 cm³/mol. The molecule has 0 aromatic rings. The van der Waals surface area contributed by atoms with Gasteiger partial charge in [0.15, 0.2) is 0 Å². The number of rotatable bonds is 5. The minimum absolute atomic E-state index is 0.0538. The smallest absolute Gasteiger partial charge is 0.138 e. The van der Waals surface area contributed by atoms with Gasteiger partial charge in [-0.05, 0) is 51.6 Å². The van der Waals surface area contributed by atoms with Crippen molar-refractivity contribution in [3.05, 3.63) is 0 Å². The number of carbonyl (C=O) groups excluding carboxylic acids is 1. The highest BCUT2D eigenvalue weighted by molar-refractivity contribution is 5.84. The molecular weight excluding hydrogens is 214 g/mol. The molecule has 0 saturated carbocycles. The van der Waals surface area contributed by atoms with E-state index in [4.69, 9.17) is 4.74 Å². The van der Waals surface area contributed by atoms with Crippen LogP contribution in [-0.2, 0) is 9.53 Å². The SMILES string of the molecule is CC1(C(=O)CCCC2CCCO2)CCNCC1. The lowest BCUT2D eigenvalue weighted by molar-refractivity contribution is -0.129. The van der Waals surface area contributed by atoms with Crippen LogP contribution in [0.3, 0.4) is 0 Å². The fourth-order valence-corrected chi connectivity index (χ4v) is 2.92. The Labute approximate surface area is 104 Å². The summed E-state index contributed by atoms with van der Waals surface area (Å²) in [5.41, 5.74) is -0.0538. The van der Waals surface area contributed by atoms with Crippen LogP contribution in [-0.4, -0.2) is 31.6 Å². The molecule has 3 heteroatoms. The molecule has 0 spiro atoms. The van der Waals surface area contributed by atoms with Crippen LogP contribution in [0.25, 0.3) is 0 Å². The van der Waals surface area contributed by atoms with E-state index in [1.165, 1.54) is 12.8 Å². The Bertz CT molecular complexity index is 253. The van der Waals surface area contributed by atoms with Gasteiger partial charge in [-0.15, -0.1) is 0 Å². The molecule has 0 aliphatic carbocycles. The fourth-order valence-electron chi connectivity index (χ4n) is 2.92. The molecule has 0 aromatic heterocycles. The van der Waals surface area contributed by atoms with Gasteiger partial charge in [-0.2, -0.15) is 0 Å². The van der Waals surface area contributed by atoms with Gasteiger partial charge in [0.25, 0.3) is 0 Å². The van der Waals surface area contributed by atoms with Gasteiger partial charge in [0, 0.05) is 18.4 Å². The molecule has 98 valence electrons. The summed E-state index contributed by atoms with van der Waals surface area (Å²) < 4.78 is 5.58. The number of Topliss-reactive ketones (excluding diaryl/α,β-unsaturated/α-hetero) is 1. The molecule has 1 unspecified atom stereocenters. The maximum Gasteiger partial charge on any atom is 0.138 e. The number of piperidine rings is 1. The van der Waals surface area contributed by atoms with Gasteiger partial charge in [0.1, 0.15) is 5.78 Å². The lowest BCUT2D eigenvalue weighted by Gasteiger charge is -2.32. The van der Waals surface area contributed by atoms with Gasteiger partial charge in [-0.25, -0.2) is 0 Å². The van der Waals surface area contributed by atoms with E-state index in [9.17, 15) is 4.79 Å². The summed E-state index contributed by atoms with van der Waals surface area (Å²) in [4.78, 5) is 12.2. The quantitative estimate of drug-likeness (QED) is 0.800. The van der Waals surface area contributed by atoms with Gasteiger partial charge < -0.3 is 10.1 Å². The molecule has 0 aromatic carbocycles. The van der Waals surface area contributed by atoms with E-state index in [2.05, 4.69) is 12.2 Å². The number of ether oxygens (including phenoxy) is 1. The van der Waals surface area contributed by atoms with Crippen molar-refractivity contribution in [2.24, 2.45) is 5.41 Å². The maximum absolute atomic E-state index is 12.2. The van der Waals surface area contributed by atoms with Crippen LogP contribution in [0.5, 0.6) is 0 Å². The molecule has 2 rings (SSSR count). The first-order chi connectivity index (χ1) is 8.21. The zero-order chi connectivity index (χ0) is 12.1. The normalized spacial score (nSPS) is 28.2. The molecule has 2 aliphatic heterocycles. The Kier molecular flexibility index (Phi) is 4.57. The standard InChI is InChI=1S/C14H25NO2/c1-14(7-9-15-10-8-14)13(16)6-2-4-12-5-3-11-17-12/h12,15H,2-11H2,1H3. The molecule has 1 N–H and O–H groups in total. The van der Waals surface area contributed by atoms with Crippen molar-refractivity contribution in [2.75, 3.05) is 19.7 Å². The summed E-state index contributed by atoms with van der Waals surface area (Å²) in [7, 11) is 0. The molecule has 1 atom stereocenters. The molecular formula is C14H25NO2. The molecule has 2 saturated heterocycles. The summed E-state index contributed by atoms with van der Waals surface area (Å²) >= 11 is 0. The largest absolute Gasteiger partial charge is 0.378 e. The van der Waals surface area contributed by atoms with Crippen LogP contribution in [0.1, 0.15) is 51.9 Å². The lowest BCUT2D eigenvalue weighted by atomic mass is 9.75. The second kappa shape index (κ2) is 5.96. The fraction of sp³-hybridized carbons (Fsp3) is 0.929. The van der Waals surface area contributed by atoms with Crippen LogP contribution in [0.4, 0.5) is 0 Å². The van der Waals surface area contributed by atoms with E-state index < -0.39 is 0 Å². The van der Waals surface area contributed by atoms with Gasteiger partial charge in [0.05, 0.1) is 6.10 Å². The molecule has 17 heavy (non-hydrogen) atoms. The number of ketones is 1. The summed E-state index contributed by atoms with van der Waals surface area (Å²) in [5.74, 6) is 0.469. The van der Waals surface area contributed by atoms with E-state index in [0.29, 0.717) is 11.9 Å². The van der Waals surface area contributed by atoms with Crippen molar-refractivity contribution < 1.29 is 9.53 Å². The number of nitrogens with one attached hydrogen (secondary N) is 1. The third-order valence-electron chi connectivity index (χ3n) is 4.33. The molecule has 0 radical (unpaired) electrons. The zero-order valence-electron chi connectivity index (χ0n) is 11.0. The molecule has 0 bridgehead atoms. The second-order valence-electron chi connectivity index (χ2n) is 5.76. The Morgan fingerprint density at radius 2 is 2.18 bits per heavy atom. The third kappa shape index (κ3) is 3.52. The Morgan fingerprint density at radius 3 is 2.82 bits per heavy atom. The average Bonchev–Trinajstić information content (AvgIpc) is 2.83. The summed E-state index contributed by atoms with van der Waals surface area (Å²) in [6.45, 7) is 5.05. The van der Waals surface area contributed by atoms with Crippen LogP contribution in [0.15, 0.2) is 0 Å². The monoisotopic (exact) mass is 239 g/mol. The highest BCUT2D eigenvalue weighted by Gasteiger charge is 2.33. The van der Waals surface area contributed by atoms with Crippen molar-refractivity contribution in [3.8, 4) is 0 Å². The van der Waals surface area contributed by atoms with Crippen LogP contribution >= 0.6 is 0 Å². The van der Waals surface area contributed by atoms with E-state index >= 15 is 0 Å². The number of carbonyl (C=O) groups is 1. The number of hydrogen-bond donors (Lipinski definition) is 1. The van der Waals surface area contributed by atoms with Crippen molar-refractivity contribution in [3.63, 3.8) is 0 Å². The van der Waals surface area contributed by atoms with Crippen molar-refractivity contribution in [2.45, 2.75) is 58.0 Å².